The van der Waals surface area contributed by atoms with Crippen molar-refractivity contribution in [2.24, 2.45) is 0 Å². The number of para-hydroxylation sites is 1. The third-order valence-electron chi connectivity index (χ3n) is 4.46. The molecule has 1 aromatic carbocycles. The number of hydrogen-bond donors (Lipinski definition) is 0. The summed E-state index contributed by atoms with van der Waals surface area (Å²) in [5.74, 6) is 0.670. The normalized spacial score (nSPS) is 11.4. The van der Waals surface area contributed by atoms with Crippen molar-refractivity contribution in [3.05, 3.63) is 65.4 Å². The average molecular weight is 439 g/mol. The van der Waals surface area contributed by atoms with E-state index in [0.717, 1.165) is 33.8 Å². The lowest BCUT2D eigenvalue weighted by molar-refractivity contribution is -0.114. The minimum Gasteiger partial charge on any atom is -0.492 e. The second-order valence-electron chi connectivity index (χ2n) is 6.53. The van der Waals surface area contributed by atoms with Gasteiger partial charge in [0.15, 0.2) is 5.13 Å². The predicted molar refractivity (Wildman–Crippen MR) is 123 cm³/mol. The summed E-state index contributed by atoms with van der Waals surface area (Å²) in [5, 5.41) is 2.68. The van der Waals surface area contributed by atoms with Crippen molar-refractivity contribution >= 4 is 50.0 Å². The lowest BCUT2D eigenvalue weighted by atomic mass is 10.3. The van der Waals surface area contributed by atoms with Gasteiger partial charge >= 0.3 is 0 Å². The number of aromatic nitrogens is 3. The van der Waals surface area contributed by atoms with Crippen molar-refractivity contribution in [1.82, 2.24) is 14.5 Å². The molecule has 0 saturated heterocycles. The third kappa shape index (κ3) is 4.77. The fourth-order valence-electron chi connectivity index (χ4n) is 3.06. The summed E-state index contributed by atoms with van der Waals surface area (Å²) in [6.45, 7) is 3.87. The topological polar surface area (TPSA) is 60.2 Å². The highest BCUT2D eigenvalue weighted by atomic mass is 32.1. The highest BCUT2D eigenvalue weighted by molar-refractivity contribution is 7.22. The molecule has 0 N–H and O–H groups in total. The van der Waals surface area contributed by atoms with Crippen LogP contribution in [0.25, 0.3) is 16.3 Å². The van der Waals surface area contributed by atoms with E-state index in [1.54, 1.807) is 34.8 Å². The van der Waals surface area contributed by atoms with Crippen molar-refractivity contribution < 1.29 is 9.53 Å². The number of thiazole rings is 1. The molecule has 0 aliphatic heterocycles. The molecule has 0 spiro atoms. The van der Waals surface area contributed by atoms with Crippen LogP contribution in [0, 0.1) is 0 Å². The SMILES string of the molecule is CCOc1cccc2sc(N(CCCn3ccnc3)C(=O)/C=C/c3cccs3)nc12. The summed E-state index contributed by atoms with van der Waals surface area (Å²) in [5.41, 5.74) is 0.800. The number of carbonyl (C=O) groups excluding carboxylic acids is 1. The van der Waals surface area contributed by atoms with E-state index in [1.165, 1.54) is 11.3 Å². The molecule has 1 amide bonds. The van der Waals surface area contributed by atoms with Gasteiger partial charge in [-0.3, -0.25) is 9.69 Å². The van der Waals surface area contributed by atoms with Crippen LogP contribution in [-0.2, 0) is 11.3 Å². The molecule has 30 heavy (non-hydrogen) atoms. The van der Waals surface area contributed by atoms with Crippen LogP contribution < -0.4 is 9.64 Å². The van der Waals surface area contributed by atoms with Gasteiger partial charge in [-0.2, -0.15) is 0 Å². The van der Waals surface area contributed by atoms with Crippen LogP contribution in [0.5, 0.6) is 5.75 Å². The van der Waals surface area contributed by atoms with Crippen molar-refractivity contribution in [3.8, 4) is 5.75 Å². The number of benzene rings is 1. The molecule has 4 rings (SSSR count). The van der Waals surface area contributed by atoms with Gasteiger partial charge in [0, 0.05) is 36.4 Å². The van der Waals surface area contributed by atoms with Crippen LogP contribution in [0.4, 0.5) is 5.13 Å². The maximum atomic E-state index is 13.1. The summed E-state index contributed by atoms with van der Waals surface area (Å²) < 4.78 is 8.73. The van der Waals surface area contributed by atoms with Crippen molar-refractivity contribution in [2.75, 3.05) is 18.1 Å². The largest absolute Gasteiger partial charge is 0.492 e. The van der Waals surface area contributed by atoms with Crippen molar-refractivity contribution in [1.29, 1.82) is 0 Å². The lowest BCUT2D eigenvalue weighted by Crippen LogP contribution is -2.30. The van der Waals surface area contributed by atoms with Crippen LogP contribution in [0.1, 0.15) is 18.2 Å². The van der Waals surface area contributed by atoms with E-state index >= 15 is 0 Å². The monoisotopic (exact) mass is 438 g/mol. The summed E-state index contributed by atoms with van der Waals surface area (Å²) >= 11 is 3.11. The summed E-state index contributed by atoms with van der Waals surface area (Å²) in [4.78, 5) is 24.7. The van der Waals surface area contributed by atoms with Crippen LogP contribution in [0.2, 0.25) is 0 Å². The van der Waals surface area contributed by atoms with Crippen LogP contribution >= 0.6 is 22.7 Å². The Hall–Kier alpha value is -2.97. The summed E-state index contributed by atoms with van der Waals surface area (Å²) in [7, 11) is 0. The molecule has 0 fully saturated rings. The number of fused-ring (bicyclic) bond motifs is 1. The standard InChI is InChI=1S/C22H22N4O2S2/c1-2-28-18-7-3-8-19-21(18)24-22(30-19)26(13-5-12-25-14-11-23-16-25)20(27)10-9-17-6-4-15-29-17/h3-4,6-11,14-16H,2,5,12-13H2,1H3/b10-9+. The smallest absolute Gasteiger partial charge is 0.252 e. The van der Waals surface area contributed by atoms with Gasteiger partial charge in [0.25, 0.3) is 5.91 Å². The van der Waals surface area contributed by atoms with Crippen LogP contribution in [0.15, 0.2) is 60.5 Å². The van der Waals surface area contributed by atoms with Gasteiger partial charge in [-0.25, -0.2) is 9.97 Å². The number of amides is 1. The summed E-state index contributed by atoms with van der Waals surface area (Å²) in [6, 6.07) is 9.84. The third-order valence-corrected chi connectivity index (χ3v) is 6.34. The second kappa shape index (κ2) is 9.69. The molecule has 0 aliphatic carbocycles. The Kier molecular flexibility index (Phi) is 6.56. The molecule has 3 aromatic heterocycles. The maximum Gasteiger partial charge on any atom is 0.252 e. The highest BCUT2D eigenvalue weighted by Gasteiger charge is 2.19. The number of nitrogens with zero attached hydrogens (tertiary/aromatic N) is 4. The Morgan fingerprint density at radius 2 is 2.23 bits per heavy atom. The number of hydrogen-bond acceptors (Lipinski definition) is 6. The van der Waals surface area contributed by atoms with E-state index in [9.17, 15) is 4.79 Å². The number of aryl methyl sites for hydroxylation is 1. The van der Waals surface area contributed by atoms with Gasteiger partial charge in [-0.1, -0.05) is 23.5 Å². The van der Waals surface area contributed by atoms with Gasteiger partial charge < -0.3 is 9.30 Å². The zero-order chi connectivity index (χ0) is 20.8. The fraction of sp³-hybridized carbons (Fsp3) is 0.227. The zero-order valence-corrected chi connectivity index (χ0v) is 18.2. The first-order chi connectivity index (χ1) is 14.7. The van der Waals surface area contributed by atoms with Gasteiger partial charge in [0.05, 0.1) is 17.6 Å². The van der Waals surface area contributed by atoms with E-state index in [0.29, 0.717) is 18.3 Å². The quantitative estimate of drug-likeness (QED) is 0.342. The molecule has 0 atom stereocenters. The molecular formula is C22H22N4O2S2. The molecule has 0 radical (unpaired) electrons. The first kappa shape index (κ1) is 20.3. The number of rotatable bonds is 9. The van der Waals surface area contributed by atoms with Gasteiger partial charge in [-0.05, 0) is 43.0 Å². The molecule has 4 aromatic rings. The average Bonchev–Trinajstić information content (AvgIpc) is 3.51. The number of carbonyl (C=O) groups is 1. The van der Waals surface area contributed by atoms with Gasteiger partial charge in [-0.15, -0.1) is 11.3 Å². The number of anilines is 1. The highest BCUT2D eigenvalue weighted by Crippen LogP contribution is 2.34. The minimum absolute atomic E-state index is 0.0777. The van der Waals surface area contributed by atoms with Crippen molar-refractivity contribution in [3.63, 3.8) is 0 Å². The zero-order valence-electron chi connectivity index (χ0n) is 16.6. The lowest BCUT2D eigenvalue weighted by Gasteiger charge is -2.18. The molecule has 154 valence electrons. The number of thiophene rings is 1. The van der Waals surface area contributed by atoms with Crippen LogP contribution in [-0.4, -0.2) is 33.6 Å². The molecule has 0 unspecified atom stereocenters. The molecule has 6 nitrogen and oxygen atoms in total. The van der Waals surface area contributed by atoms with Gasteiger partial charge in [0.1, 0.15) is 11.3 Å². The number of ether oxygens (including phenoxy) is 1. The molecule has 8 heteroatoms. The van der Waals surface area contributed by atoms with E-state index in [2.05, 4.69) is 4.98 Å². The molecular weight excluding hydrogens is 416 g/mol. The Morgan fingerprint density at radius 1 is 1.30 bits per heavy atom. The van der Waals surface area contributed by atoms with E-state index < -0.39 is 0 Å². The fourth-order valence-corrected chi connectivity index (χ4v) is 4.69. The molecule has 0 aliphatic rings. The maximum absolute atomic E-state index is 13.1. The van der Waals surface area contributed by atoms with Crippen LogP contribution in [0.3, 0.4) is 0 Å². The van der Waals surface area contributed by atoms with Crippen molar-refractivity contribution in [2.45, 2.75) is 19.9 Å². The molecule has 0 saturated carbocycles. The van der Waals surface area contributed by atoms with E-state index in [-0.39, 0.29) is 5.91 Å². The summed E-state index contributed by atoms with van der Waals surface area (Å²) in [6.07, 6.45) is 9.75. The molecule has 3 heterocycles. The Bertz CT molecular complexity index is 1120. The predicted octanol–water partition coefficient (Wildman–Crippen LogP) is 5.09. The Morgan fingerprint density at radius 3 is 3.00 bits per heavy atom. The first-order valence-electron chi connectivity index (χ1n) is 9.76. The Labute approximate surface area is 183 Å². The minimum atomic E-state index is -0.0777. The van der Waals surface area contributed by atoms with E-state index in [4.69, 9.17) is 9.72 Å². The Balaban J connectivity index is 1.59. The first-order valence-corrected chi connectivity index (χ1v) is 11.5. The van der Waals surface area contributed by atoms with E-state index in [1.807, 2.05) is 59.5 Å². The number of imidazole rings is 1. The second-order valence-corrected chi connectivity index (χ2v) is 8.51. The molecule has 0 bridgehead atoms. The van der Waals surface area contributed by atoms with Gasteiger partial charge in [0.2, 0.25) is 0 Å².